The zero-order valence-corrected chi connectivity index (χ0v) is 27.0. The van der Waals surface area contributed by atoms with E-state index in [1.165, 1.54) is 22.6 Å². The second kappa shape index (κ2) is 12.6. The highest BCUT2D eigenvalue weighted by atomic mass is 35.5. The molecule has 11 heteroatoms. The Morgan fingerprint density at radius 3 is 2.19 bits per heavy atom. The molecule has 1 N–H and O–H groups in total. The lowest BCUT2D eigenvalue weighted by Gasteiger charge is -2.38. The zero-order chi connectivity index (χ0) is 30.3. The third-order valence-electron chi connectivity index (χ3n) is 8.84. The SMILES string of the molecule is CC(C)(C)CC(=O)N1CC(CN2CCC3(CC2)NC(=O)N(Cc2ccc(S(C)(=O)=O)cc2)C3=O)C(c2ccccc2)C1.Cl. The molecule has 1 spiro atoms. The number of likely N-dealkylation sites (tertiary alicyclic amines) is 2. The van der Waals surface area contributed by atoms with Gasteiger partial charge in [-0.3, -0.25) is 14.5 Å². The summed E-state index contributed by atoms with van der Waals surface area (Å²) in [5.41, 5.74) is 0.966. The van der Waals surface area contributed by atoms with E-state index < -0.39 is 21.4 Å². The number of halogens is 1. The zero-order valence-electron chi connectivity index (χ0n) is 25.4. The molecule has 3 aliphatic heterocycles. The molecule has 0 aliphatic carbocycles. The Bertz CT molecular complexity index is 1430. The lowest BCUT2D eigenvalue weighted by Crippen LogP contribution is -2.55. The predicted molar refractivity (Wildman–Crippen MR) is 168 cm³/mol. The number of benzene rings is 2. The standard InChI is InChI=1S/C32H42N4O5S.ClH/c1-31(2,3)18-28(37)35-21-25(27(22-35)24-8-6-5-7-9-24)20-34-16-14-32(15-17-34)29(38)36(30(39)33-32)19-23-10-12-26(13-11-23)42(4,40)41;/h5-13,25,27H,14-22H2,1-4H3,(H,33,39);1H. The van der Waals surface area contributed by atoms with Crippen LogP contribution < -0.4 is 5.32 Å². The summed E-state index contributed by atoms with van der Waals surface area (Å²) in [6, 6.07) is 16.3. The van der Waals surface area contributed by atoms with Crippen molar-refractivity contribution in [2.75, 3.05) is 39.0 Å². The summed E-state index contributed by atoms with van der Waals surface area (Å²) < 4.78 is 23.5. The molecule has 9 nitrogen and oxygen atoms in total. The molecular formula is C32H43ClN4O5S. The van der Waals surface area contributed by atoms with Crippen LogP contribution in [-0.2, 0) is 26.0 Å². The number of hydrogen-bond acceptors (Lipinski definition) is 6. The molecule has 0 radical (unpaired) electrons. The van der Waals surface area contributed by atoms with Gasteiger partial charge in [0.15, 0.2) is 9.84 Å². The minimum absolute atomic E-state index is 0. The fourth-order valence-electron chi connectivity index (χ4n) is 6.54. The Kier molecular flexibility index (Phi) is 9.64. The predicted octanol–water partition coefficient (Wildman–Crippen LogP) is 4.08. The highest BCUT2D eigenvalue weighted by molar-refractivity contribution is 7.90. The molecule has 3 heterocycles. The summed E-state index contributed by atoms with van der Waals surface area (Å²) >= 11 is 0. The molecule has 234 valence electrons. The Hall–Kier alpha value is -2.95. The average Bonchev–Trinajstić information content (AvgIpc) is 3.44. The van der Waals surface area contributed by atoms with E-state index in [1.54, 1.807) is 12.1 Å². The summed E-state index contributed by atoms with van der Waals surface area (Å²) in [4.78, 5) is 45.4. The van der Waals surface area contributed by atoms with E-state index in [0.29, 0.717) is 37.9 Å². The smallest absolute Gasteiger partial charge is 0.325 e. The maximum Gasteiger partial charge on any atom is 0.325 e. The van der Waals surface area contributed by atoms with Gasteiger partial charge in [-0.25, -0.2) is 13.2 Å². The van der Waals surface area contributed by atoms with Crippen LogP contribution in [0.25, 0.3) is 0 Å². The van der Waals surface area contributed by atoms with Crippen LogP contribution in [0, 0.1) is 11.3 Å². The molecule has 3 fully saturated rings. The Labute approximate surface area is 261 Å². The number of carbonyl (C=O) groups is 3. The minimum atomic E-state index is -3.32. The molecule has 2 atom stereocenters. The van der Waals surface area contributed by atoms with Crippen LogP contribution >= 0.6 is 12.4 Å². The van der Waals surface area contributed by atoms with Crippen LogP contribution in [0.3, 0.4) is 0 Å². The first kappa shape index (κ1) is 33.0. The van der Waals surface area contributed by atoms with Gasteiger partial charge in [-0.15, -0.1) is 12.4 Å². The van der Waals surface area contributed by atoms with Crippen molar-refractivity contribution in [2.24, 2.45) is 11.3 Å². The van der Waals surface area contributed by atoms with Crippen LogP contribution in [0.2, 0.25) is 0 Å². The van der Waals surface area contributed by atoms with Crippen molar-refractivity contribution in [2.45, 2.75) is 62.9 Å². The number of nitrogens with zero attached hydrogens (tertiary/aromatic N) is 3. The molecule has 2 unspecified atom stereocenters. The van der Waals surface area contributed by atoms with Gasteiger partial charge in [0, 0.05) is 51.3 Å². The minimum Gasteiger partial charge on any atom is -0.342 e. The van der Waals surface area contributed by atoms with Crippen molar-refractivity contribution in [1.82, 2.24) is 20.0 Å². The van der Waals surface area contributed by atoms with Crippen LogP contribution in [0.1, 0.15) is 57.1 Å². The van der Waals surface area contributed by atoms with E-state index in [2.05, 4.69) is 55.3 Å². The van der Waals surface area contributed by atoms with Crippen molar-refractivity contribution in [1.29, 1.82) is 0 Å². The van der Waals surface area contributed by atoms with Gasteiger partial charge in [-0.05, 0) is 47.4 Å². The van der Waals surface area contributed by atoms with Gasteiger partial charge in [-0.1, -0.05) is 63.2 Å². The highest BCUT2D eigenvalue weighted by Gasteiger charge is 2.52. The maximum atomic E-state index is 13.5. The van der Waals surface area contributed by atoms with Gasteiger partial charge >= 0.3 is 6.03 Å². The van der Waals surface area contributed by atoms with Crippen molar-refractivity contribution >= 4 is 40.1 Å². The topological polar surface area (TPSA) is 107 Å². The molecule has 4 amide bonds. The molecular weight excluding hydrogens is 588 g/mol. The van der Waals surface area contributed by atoms with E-state index in [-0.39, 0.29) is 52.9 Å². The second-order valence-electron chi connectivity index (χ2n) is 13.4. The van der Waals surface area contributed by atoms with Crippen molar-refractivity contribution in [3.05, 3.63) is 65.7 Å². The molecule has 3 saturated heterocycles. The van der Waals surface area contributed by atoms with Gasteiger partial charge in [-0.2, -0.15) is 0 Å². The molecule has 2 aromatic carbocycles. The van der Waals surface area contributed by atoms with Crippen LogP contribution in [0.5, 0.6) is 0 Å². The Morgan fingerprint density at radius 2 is 1.60 bits per heavy atom. The van der Waals surface area contributed by atoms with E-state index in [9.17, 15) is 22.8 Å². The highest BCUT2D eigenvalue weighted by Crippen LogP contribution is 2.37. The second-order valence-corrected chi connectivity index (χ2v) is 15.4. The van der Waals surface area contributed by atoms with Gasteiger partial charge in [0.05, 0.1) is 11.4 Å². The Morgan fingerprint density at radius 1 is 0.977 bits per heavy atom. The fraction of sp³-hybridized carbons (Fsp3) is 0.531. The van der Waals surface area contributed by atoms with Gasteiger partial charge < -0.3 is 15.1 Å². The molecule has 0 aromatic heterocycles. The lowest BCUT2D eigenvalue weighted by molar-refractivity contribution is -0.134. The number of nitrogens with one attached hydrogen (secondary N) is 1. The molecule has 3 aliphatic rings. The molecule has 0 bridgehead atoms. The lowest BCUT2D eigenvalue weighted by atomic mass is 9.85. The first-order valence-electron chi connectivity index (χ1n) is 14.7. The number of urea groups is 1. The quantitative estimate of drug-likeness (QED) is 0.462. The third-order valence-corrected chi connectivity index (χ3v) is 9.97. The van der Waals surface area contributed by atoms with Crippen molar-refractivity contribution in [3.8, 4) is 0 Å². The van der Waals surface area contributed by atoms with E-state index in [0.717, 1.165) is 25.9 Å². The largest absolute Gasteiger partial charge is 0.342 e. The number of rotatable bonds is 7. The van der Waals surface area contributed by atoms with Crippen molar-refractivity contribution in [3.63, 3.8) is 0 Å². The number of amides is 4. The Balaban J connectivity index is 0.00000423. The summed E-state index contributed by atoms with van der Waals surface area (Å²) in [7, 11) is -3.32. The molecule has 2 aromatic rings. The van der Waals surface area contributed by atoms with Gasteiger partial charge in [0.2, 0.25) is 5.91 Å². The summed E-state index contributed by atoms with van der Waals surface area (Å²) in [5, 5.41) is 2.98. The van der Waals surface area contributed by atoms with Crippen LogP contribution in [-0.4, -0.2) is 85.5 Å². The number of imide groups is 1. The van der Waals surface area contributed by atoms with E-state index >= 15 is 0 Å². The summed E-state index contributed by atoms with van der Waals surface area (Å²) in [6.07, 6.45) is 2.72. The molecule has 0 saturated carbocycles. The normalized spacial score (nSPS) is 22.5. The number of sulfone groups is 1. The number of hydrogen-bond donors (Lipinski definition) is 1. The molecule has 5 rings (SSSR count). The van der Waals surface area contributed by atoms with Crippen LogP contribution in [0.4, 0.5) is 4.79 Å². The monoisotopic (exact) mass is 630 g/mol. The average molecular weight is 631 g/mol. The fourth-order valence-corrected chi connectivity index (χ4v) is 7.17. The number of piperidine rings is 1. The van der Waals surface area contributed by atoms with E-state index in [1.807, 2.05) is 11.0 Å². The summed E-state index contributed by atoms with van der Waals surface area (Å²) in [5.74, 6) is 0.518. The number of carbonyl (C=O) groups excluding carboxylic acids is 3. The van der Waals surface area contributed by atoms with Crippen molar-refractivity contribution < 1.29 is 22.8 Å². The first-order chi connectivity index (χ1) is 19.7. The summed E-state index contributed by atoms with van der Waals surface area (Å²) in [6.45, 7) is 10.00. The third kappa shape index (κ3) is 7.41. The van der Waals surface area contributed by atoms with Gasteiger partial charge in [0.1, 0.15) is 5.54 Å². The van der Waals surface area contributed by atoms with Crippen LogP contribution in [0.15, 0.2) is 59.5 Å². The van der Waals surface area contributed by atoms with E-state index in [4.69, 9.17) is 0 Å². The maximum absolute atomic E-state index is 13.5. The molecule has 43 heavy (non-hydrogen) atoms. The van der Waals surface area contributed by atoms with Gasteiger partial charge in [0.25, 0.3) is 5.91 Å². The first-order valence-corrected chi connectivity index (χ1v) is 16.6.